The van der Waals surface area contributed by atoms with E-state index < -0.39 is 23.4 Å². The van der Waals surface area contributed by atoms with Crippen LogP contribution < -0.4 is 15.4 Å². The maximum Gasteiger partial charge on any atom is 0.243 e. The molecule has 2 amide bonds. The van der Waals surface area contributed by atoms with Gasteiger partial charge in [0.2, 0.25) is 11.8 Å². The topological polar surface area (TPSA) is 67.4 Å². The van der Waals surface area contributed by atoms with Gasteiger partial charge < -0.3 is 15.4 Å². The van der Waals surface area contributed by atoms with Gasteiger partial charge in [-0.15, -0.1) is 11.8 Å². The smallest absolute Gasteiger partial charge is 0.243 e. The average molecular weight is 380 g/mol. The fraction of sp³-hybridized carbons (Fsp3) is 0.222. The van der Waals surface area contributed by atoms with Crippen molar-refractivity contribution in [1.82, 2.24) is 5.32 Å². The van der Waals surface area contributed by atoms with E-state index in [0.717, 1.165) is 29.5 Å². The van der Waals surface area contributed by atoms with Gasteiger partial charge in [-0.25, -0.2) is 8.78 Å². The standard InChI is InChI=1S/C18H18F2N2O3S/c1-11-3-5-15(25-2)14(7-11)22-17(23)9-21-18(24)10-26-16-6-4-12(19)8-13(16)20/h3-8H,9-10H2,1-2H3,(H,21,24)(H,22,23). The zero-order valence-electron chi connectivity index (χ0n) is 14.3. The fourth-order valence-electron chi connectivity index (χ4n) is 2.08. The van der Waals surface area contributed by atoms with Crippen molar-refractivity contribution in [3.8, 4) is 5.75 Å². The van der Waals surface area contributed by atoms with Crippen molar-refractivity contribution in [3.05, 3.63) is 53.6 Å². The van der Waals surface area contributed by atoms with E-state index in [1.54, 1.807) is 12.1 Å². The monoisotopic (exact) mass is 380 g/mol. The zero-order chi connectivity index (χ0) is 19.1. The highest BCUT2D eigenvalue weighted by Gasteiger charge is 2.11. The minimum Gasteiger partial charge on any atom is -0.495 e. The molecule has 0 saturated carbocycles. The molecule has 8 heteroatoms. The number of aryl methyl sites for hydroxylation is 1. The Kier molecular flexibility index (Phi) is 6.97. The third-order valence-electron chi connectivity index (χ3n) is 3.33. The van der Waals surface area contributed by atoms with Crippen molar-refractivity contribution in [2.75, 3.05) is 24.7 Å². The Labute approximate surface area is 154 Å². The molecule has 0 saturated heterocycles. The van der Waals surface area contributed by atoms with Gasteiger partial charge in [0, 0.05) is 11.0 Å². The Morgan fingerprint density at radius 2 is 1.88 bits per heavy atom. The van der Waals surface area contributed by atoms with E-state index in [1.807, 2.05) is 13.0 Å². The first kappa shape index (κ1) is 19.7. The van der Waals surface area contributed by atoms with Crippen LogP contribution in [0.25, 0.3) is 0 Å². The molecule has 0 atom stereocenters. The molecule has 0 unspecified atom stereocenters. The van der Waals surface area contributed by atoms with E-state index in [-0.39, 0.29) is 17.2 Å². The average Bonchev–Trinajstić information content (AvgIpc) is 2.59. The summed E-state index contributed by atoms with van der Waals surface area (Å²) in [6.45, 7) is 1.64. The number of amides is 2. The SMILES string of the molecule is COc1ccc(C)cc1NC(=O)CNC(=O)CSc1ccc(F)cc1F. The minimum absolute atomic E-state index is 0.0937. The number of hydrogen-bond acceptors (Lipinski definition) is 4. The Morgan fingerprint density at radius 3 is 2.58 bits per heavy atom. The molecule has 0 aromatic heterocycles. The van der Waals surface area contributed by atoms with Crippen LogP contribution in [0.1, 0.15) is 5.56 Å². The number of nitrogens with one attached hydrogen (secondary N) is 2. The number of anilines is 1. The molecule has 2 aromatic rings. The molecule has 5 nitrogen and oxygen atoms in total. The van der Waals surface area contributed by atoms with Crippen LogP contribution in [0.2, 0.25) is 0 Å². The summed E-state index contributed by atoms with van der Waals surface area (Å²) in [6.07, 6.45) is 0. The van der Waals surface area contributed by atoms with Crippen LogP contribution in [0.3, 0.4) is 0 Å². The molecule has 2 rings (SSSR count). The fourth-order valence-corrected chi connectivity index (χ4v) is 2.83. The van der Waals surface area contributed by atoms with Crippen LogP contribution in [-0.4, -0.2) is 31.2 Å². The number of ether oxygens (including phenoxy) is 1. The summed E-state index contributed by atoms with van der Waals surface area (Å²) in [4.78, 5) is 23.9. The van der Waals surface area contributed by atoms with Gasteiger partial charge in [-0.05, 0) is 36.8 Å². The number of methoxy groups -OCH3 is 1. The summed E-state index contributed by atoms with van der Waals surface area (Å²) in [5, 5.41) is 5.11. The van der Waals surface area contributed by atoms with Gasteiger partial charge in [-0.3, -0.25) is 9.59 Å². The molecule has 0 heterocycles. The van der Waals surface area contributed by atoms with E-state index in [9.17, 15) is 18.4 Å². The number of carbonyl (C=O) groups excluding carboxylic acids is 2. The van der Waals surface area contributed by atoms with Gasteiger partial charge in [-0.2, -0.15) is 0 Å². The first-order valence-electron chi connectivity index (χ1n) is 7.68. The lowest BCUT2D eigenvalue weighted by atomic mass is 10.2. The quantitative estimate of drug-likeness (QED) is 0.725. The molecule has 0 spiro atoms. The van der Waals surface area contributed by atoms with Crippen molar-refractivity contribution < 1.29 is 23.1 Å². The number of rotatable bonds is 7. The van der Waals surface area contributed by atoms with Crippen LogP contribution >= 0.6 is 11.8 Å². The lowest BCUT2D eigenvalue weighted by Crippen LogP contribution is -2.34. The van der Waals surface area contributed by atoms with Gasteiger partial charge in [0.15, 0.2) is 0 Å². The predicted molar refractivity (Wildman–Crippen MR) is 96.5 cm³/mol. The molecular formula is C18H18F2N2O3S. The normalized spacial score (nSPS) is 10.3. The summed E-state index contributed by atoms with van der Waals surface area (Å²) < 4.78 is 31.5. The van der Waals surface area contributed by atoms with Crippen LogP contribution in [0.5, 0.6) is 5.75 Å². The molecule has 0 aliphatic rings. The molecule has 0 radical (unpaired) electrons. The Bertz CT molecular complexity index is 815. The second kappa shape index (κ2) is 9.19. The van der Waals surface area contributed by atoms with Crippen molar-refractivity contribution in [1.29, 1.82) is 0 Å². The number of halogens is 2. The van der Waals surface area contributed by atoms with E-state index in [2.05, 4.69) is 10.6 Å². The third-order valence-corrected chi connectivity index (χ3v) is 4.38. The van der Waals surface area contributed by atoms with Gasteiger partial charge >= 0.3 is 0 Å². The first-order chi connectivity index (χ1) is 12.4. The predicted octanol–water partition coefficient (Wildman–Crippen LogP) is 3.13. The summed E-state index contributed by atoms with van der Waals surface area (Å²) in [7, 11) is 1.49. The molecule has 26 heavy (non-hydrogen) atoms. The third kappa shape index (κ3) is 5.73. The number of hydrogen-bond donors (Lipinski definition) is 2. The molecule has 0 aliphatic carbocycles. The number of thioether (sulfide) groups is 1. The van der Waals surface area contributed by atoms with Gasteiger partial charge in [-0.1, -0.05) is 6.07 Å². The molecule has 2 aromatic carbocycles. The minimum atomic E-state index is -0.730. The Balaban J connectivity index is 1.81. The van der Waals surface area contributed by atoms with E-state index in [4.69, 9.17) is 4.74 Å². The highest BCUT2D eigenvalue weighted by Crippen LogP contribution is 2.25. The number of benzene rings is 2. The van der Waals surface area contributed by atoms with Gasteiger partial charge in [0.1, 0.15) is 17.4 Å². The molecule has 138 valence electrons. The molecule has 0 bridgehead atoms. The van der Waals surface area contributed by atoms with E-state index in [0.29, 0.717) is 11.4 Å². The Hall–Kier alpha value is -2.61. The largest absolute Gasteiger partial charge is 0.495 e. The molecular weight excluding hydrogens is 362 g/mol. The van der Waals surface area contributed by atoms with Crippen molar-refractivity contribution >= 4 is 29.3 Å². The summed E-state index contributed by atoms with van der Waals surface area (Å²) >= 11 is 0.922. The van der Waals surface area contributed by atoms with Crippen LogP contribution in [0.4, 0.5) is 14.5 Å². The van der Waals surface area contributed by atoms with Crippen molar-refractivity contribution in [3.63, 3.8) is 0 Å². The zero-order valence-corrected chi connectivity index (χ0v) is 15.1. The molecule has 0 fully saturated rings. The van der Waals surface area contributed by atoms with Crippen LogP contribution in [-0.2, 0) is 9.59 Å². The summed E-state index contributed by atoms with van der Waals surface area (Å²) in [5.41, 5.74) is 1.46. The van der Waals surface area contributed by atoms with Crippen molar-refractivity contribution in [2.45, 2.75) is 11.8 Å². The lowest BCUT2D eigenvalue weighted by molar-refractivity contribution is -0.122. The van der Waals surface area contributed by atoms with E-state index in [1.165, 1.54) is 13.2 Å². The molecule has 0 aliphatic heterocycles. The second-order valence-corrected chi connectivity index (χ2v) is 6.41. The van der Waals surface area contributed by atoms with Gasteiger partial charge in [0.25, 0.3) is 0 Å². The highest BCUT2D eigenvalue weighted by molar-refractivity contribution is 8.00. The van der Waals surface area contributed by atoms with Crippen molar-refractivity contribution in [2.24, 2.45) is 0 Å². The van der Waals surface area contributed by atoms with Gasteiger partial charge in [0.05, 0.1) is 25.1 Å². The van der Waals surface area contributed by atoms with E-state index >= 15 is 0 Å². The van der Waals surface area contributed by atoms with Crippen LogP contribution in [0.15, 0.2) is 41.3 Å². The second-order valence-electron chi connectivity index (χ2n) is 5.39. The first-order valence-corrected chi connectivity index (χ1v) is 8.66. The van der Waals surface area contributed by atoms with Crippen LogP contribution in [0, 0.1) is 18.6 Å². The number of carbonyl (C=O) groups is 2. The Morgan fingerprint density at radius 1 is 1.12 bits per heavy atom. The highest BCUT2D eigenvalue weighted by atomic mass is 32.2. The maximum atomic E-state index is 13.5. The lowest BCUT2D eigenvalue weighted by Gasteiger charge is -2.11. The maximum absolute atomic E-state index is 13.5. The molecule has 2 N–H and O–H groups in total. The summed E-state index contributed by atoms with van der Waals surface area (Å²) in [5.74, 6) is -1.85. The summed E-state index contributed by atoms with van der Waals surface area (Å²) in [6, 6.07) is 8.47.